The molecule has 1 amide bonds. The zero-order valence-corrected chi connectivity index (χ0v) is 10.8. The van der Waals surface area contributed by atoms with E-state index in [0.29, 0.717) is 0 Å². The highest BCUT2D eigenvalue weighted by Gasteiger charge is 2.09. The molecule has 0 unspecified atom stereocenters. The third-order valence-electron chi connectivity index (χ3n) is 3.27. The molecule has 1 saturated heterocycles. The average molecular weight is 245 g/mol. The van der Waals surface area contributed by atoms with Crippen molar-refractivity contribution in [1.82, 2.24) is 10.2 Å². The lowest BCUT2D eigenvalue weighted by molar-refractivity contribution is 0.0951. The third-order valence-corrected chi connectivity index (χ3v) is 3.27. The van der Waals surface area contributed by atoms with Crippen LogP contribution in [0.1, 0.15) is 29.6 Å². The van der Waals surface area contributed by atoms with Crippen LogP contribution in [0.3, 0.4) is 0 Å². The van der Waals surface area contributed by atoms with Gasteiger partial charge in [0.2, 0.25) is 0 Å². The van der Waals surface area contributed by atoms with Gasteiger partial charge in [-0.15, -0.1) is 0 Å². The molecular weight excluding hydrogens is 224 g/mol. The summed E-state index contributed by atoms with van der Waals surface area (Å²) in [7, 11) is 0. The Hall–Kier alpha value is -1.35. The van der Waals surface area contributed by atoms with E-state index in [1.165, 1.54) is 25.9 Å². The molecule has 97 valence electrons. The summed E-state index contributed by atoms with van der Waals surface area (Å²) in [6, 6.07) is 9.38. The number of carbonyl (C=O) groups excluding carboxylic acids is 1. The molecule has 2 rings (SSSR count). The summed E-state index contributed by atoms with van der Waals surface area (Å²) < 4.78 is 0. The van der Waals surface area contributed by atoms with Gasteiger partial charge in [-0.05, 0) is 57.5 Å². The molecule has 0 aromatic heterocycles. The van der Waals surface area contributed by atoms with Gasteiger partial charge in [-0.25, -0.2) is 0 Å². The first-order chi connectivity index (χ1) is 8.86. The van der Waals surface area contributed by atoms with Gasteiger partial charge in [0.25, 0.3) is 5.91 Å². The molecule has 1 heterocycles. The summed E-state index contributed by atoms with van der Waals surface area (Å²) in [4.78, 5) is 14.2. The van der Waals surface area contributed by atoms with Crippen LogP contribution in [-0.4, -0.2) is 37.0 Å². The third kappa shape index (κ3) is 4.15. The van der Waals surface area contributed by atoms with Crippen molar-refractivity contribution in [1.29, 1.82) is 0 Å². The highest BCUT2D eigenvalue weighted by Crippen LogP contribution is 2.07. The van der Waals surface area contributed by atoms with E-state index >= 15 is 0 Å². The quantitative estimate of drug-likeness (QED) is 0.806. The Kier molecular flexibility index (Phi) is 5.21. The van der Waals surface area contributed by atoms with Crippen LogP contribution in [0.5, 0.6) is 0 Å². The van der Waals surface area contributed by atoms with Crippen LogP contribution in [-0.2, 0) is 0 Å². The Morgan fingerprint density at radius 1 is 1.17 bits per heavy atom. The van der Waals surface area contributed by atoms with Crippen LogP contribution in [0.4, 0.5) is 0 Å². The minimum atomic E-state index is 0.0302. The SMILES string of the molecule is O=C(NCCCN1CC[CH]CC1)c1ccccc1. The fourth-order valence-electron chi connectivity index (χ4n) is 2.22. The molecule has 1 aromatic carbocycles. The second kappa shape index (κ2) is 7.17. The van der Waals surface area contributed by atoms with Crippen LogP contribution in [0.15, 0.2) is 30.3 Å². The molecule has 0 saturated carbocycles. The Morgan fingerprint density at radius 3 is 2.61 bits per heavy atom. The van der Waals surface area contributed by atoms with Crippen molar-refractivity contribution in [3.63, 3.8) is 0 Å². The lowest BCUT2D eigenvalue weighted by atomic mass is 10.1. The number of rotatable bonds is 5. The Balaban J connectivity index is 1.62. The summed E-state index contributed by atoms with van der Waals surface area (Å²) >= 11 is 0. The van der Waals surface area contributed by atoms with Gasteiger partial charge in [0.1, 0.15) is 0 Å². The smallest absolute Gasteiger partial charge is 0.251 e. The maximum atomic E-state index is 11.8. The van der Waals surface area contributed by atoms with Crippen LogP contribution in [0, 0.1) is 6.42 Å². The zero-order chi connectivity index (χ0) is 12.6. The van der Waals surface area contributed by atoms with Crippen molar-refractivity contribution >= 4 is 5.91 Å². The van der Waals surface area contributed by atoms with Crippen molar-refractivity contribution in [2.45, 2.75) is 19.3 Å². The van der Waals surface area contributed by atoms with Gasteiger partial charge in [0.05, 0.1) is 0 Å². The number of likely N-dealkylation sites (tertiary alicyclic amines) is 1. The number of piperidine rings is 1. The molecule has 1 aromatic rings. The monoisotopic (exact) mass is 245 g/mol. The van der Waals surface area contributed by atoms with E-state index in [1.807, 2.05) is 30.3 Å². The van der Waals surface area contributed by atoms with Crippen molar-refractivity contribution in [2.75, 3.05) is 26.2 Å². The van der Waals surface area contributed by atoms with Crippen molar-refractivity contribution in [2.24, 2.45) is 0 Å². The van der Waals surface area contributed by atoms with Gasteiger partial charge in [-0.3, -0.25) is 4.79 Å². The first kappa shape index (κ1) is 13.1. The normalized spacial score (nSPS) is 16.4. The standard InChI is InChI=1S/C15H21N2O/c18-15(14-8-3-1-4-9-14)16-10-7-13-17-11-5-2-6-12-17/h1-4,8-9H,5-7,10-13H2,(H,16,18). The van der Waals surface area contributed by atoms with Gasteiger partial charge in [-0.2, -0.15) is 0 Å². The molecule has 1 aliphatic heterocycles. The summed E-state index contributed by atoms with van der Waals surface area (Å²) in [6.45, 7) is 4.19. The molecule has 1 aliphatic rings. The molecule has 3 nitrogen and oxygen atoms in total. The number of nitrogens with zero attached hydrogens (tertiary/aromatic N) is 1. The molecule has 1 radical (unpaired) electrons. The second-order valence-corrected chi connectivity index (χ2v) is 4.68. The lowest BCUT2D eigenvalue weighted by Crippen LogP contribution is -2.33. The predicted molar refractivity (Wildman–Crippen MR) is 73.4 cm³/mol. The molecule has 0 bridgehead atoms. The lowest BCUT2D eigenvalue weighted by Gasteiger charge is -2.26. The Labute approximate surface area is 109 Å². The Morgan fingerprint density at radius 2 is 1.89 bits per heavy atom. The minimum Gasteiger partial charge on any atom is -0.352 e. The maximum absolute atomic E-state index is 11.8. The molecule has 3 heteroatoms. The average Bonchev–Trinajstić information content (AvgIpc) is 2.45. The molecule has 0 atom stereocenters. The highest BCUT2D eigenvalue weighted by molar-refractivity contribution is 5.94. The van der Waals surface area contributed by atoms with E-state index in [2.05, 4.69) is 16.6 Å². The zero-order valence-electron chi connectivity index (χ0n) is 10.8. The van der Waals surface area contributed by atoms with E-state index in [1.54, 1.807) is 0 Å². The first-order valence-corrected chi connectivity index (χ1v) is 6.73. The first-order valence-electron chi connectivity index (χ1n) is 6.73. The fraction of sp³-hybridized carbons (Fsp3) is 0.467. The van der Waals surface area contributed by atoms with Gasteiger partial charge < -0.3 is 10.2 Å². The number of hydrogen-bond acceptors (Lipinski definition) is 2. The van der Waals surface area contributed by atoms with E-state index in [-0.39, 0.29) is 5.91 Å². The van der Waals surface area contributed by atoms with Gasteiger partial charge in [-0.1, -0.05) is 18.2 Å². The molecule has 1 fully saturated rings. The number of amides is 1. The second-order valence-electron chi connectivity index (χ2n) is 4.68. The highest BCUT2D eigenvalue weighted by atomic mass is 16.1. The van der Waals surface area contributed by atoms with Gasteiger partial charge >= 0.3 is 0 Å². The summed E-state index contributed by atoms with van der Waals surface area (Å²) in [5.74, 6) is 0.0302. The fourth-order valence-corrected chi connectivity index (χ4v) is 2.22. The molecule has 0 aliphatic carbocycles. The minimum absolute atomic E-state index is 0.0302. The van der Waals surface area contributed by atoms with Crippen molar-refractivity contribution < 1.29 is 4.79 Å². The summed E-state index contributed by atoms with van der Waals surface area (Å²) in [6.07, 6.45) is 5.79. The van der Waals surface area contributed by atoms with Crippen LogP contribution < -0.4 is 5.32 Å². The van der Waals surface area contributed by atoms with E-state index in [9.17, 15) is 4.79 Å². The van der Waals surface area contributed by atoms with Crippen molar-refractivity contribution in [3.8, 4) is 0 Å². The number of benzene rings is 1. The largest absolute Gasteiger partial charge is 0.352 e. The van der Waals surface area contributed by atoms with Gasteiger partial charge in [0.15, 0.2) is 0 Å². The molecule has 18 heavy (non-hydrogen) atoms. The number of hydrogen-bond donors (Lipinski definition) is 1. The van der Waals surface area contributed by atoms with E-state index in [4.69, 9.17) is 0 Å². The maximum Gasteiger partial charge on any atom is 0.251 e. The topological polar surface area (TPSA) is 32.3 Å². The van der Waals surface area contributed by atoms with Crippen LogP contribution >= 0.6 is 0 Å². The predicted octanol–water partition coefficient (Wildman–Crippen LogP) is 2.11. The van der Waals surface area contributed by atoms with Crippen LogP contribution in [0.2, 0.25) is 0 Å². The molecule has 1 N–H and O–H groups in total. The van der Waals surface area contributed by atoms with Crippen LogP contribution in [0.25, 0.3) is 0 Å². The van der Waals surface area contributed by atoms with E-state index in [0.717, 1.165) is 25.1 Å². The van der Waals surface area contributed by atoms with Crippen molar-refractivity contribution in [3.05, 3.63) is 42.3 Å². The molecular formula is C15H21N2O. The summed E-state index contributed by atoms with van der Waals surface area (Å²) in [5.41, 5.74) is 0.741. The summed E-state index contributed by atoms with van der Waals surface area (Å²) in [5, 5.41) is 2.97. The Bertz CT molecular complexity index is 358. The van der Waals surface area contributed by atoms with E-state index < -0.39 is 0 Å². The number of carbonyl (C=O) groups is 1. The molecule has 0 spiro atoms. The number of nitrogens with one attached hydrogen (secondary N) is 1. The van der Waals surface area contributed by atoms with Gasteiger partial charge in [0, 0.05) is 12.1 Å².